The summed E-state index contributed by atoms with van der Waals surface area (Å²) in [4.78, 5) is 0. The van der Waals surface area contributed by atoms with Gasteiger partial charge in [0.25, 0.3) is 0 Å². The van der Waals surface area contributed by atoms with E-state index in [1.54, 1.807) is 18.2 Å². The summed E-state index contributed by atoms with van der Waals surface area (Å²) in [5, 5.41) is 0. The van der Waals surface area contributed by atoms with Crippen molar-refractivity contribution >= 4 is 11.4 Å². The summed E-state index contributed by atoms with van der Waals surface area (Å²) < 4.78 is 5.63. The number of nitrogen functional groups attached to an aromatic ring is 2. The van der Waals surface area contributed by atoms with Gasteiger partial charge in [0.2, 0.25) is 0 Å². The van der Waals surface area contributed by atoms with E-state index in [1.165, 1.54) is 5.56 Å². The van der Waals surface area contributed by atoms with Crippen molar-refractivity contribution in [3.63, 3.8) is 0 Å². The maximum Gasteiger partial charge on any atom is 0.129 e. The number of nitrogens with two attached hydrogens (primary N) is 2. The Morgan fingerprint density at radius 1 is 0.812 bits per heavy atom. The van der Waals surface area contributed by atoms with Crippen molar-refractivity contribution in [3.05, 3.63) is 48.0 Å². The maximum absolute atomic E-state index is 5.69. The van der Waals surface area contributed by atoms with Crippen molar-refractivity contribution in [1.82, 2.24) is 0 Å². The van der Waals surface area contributed by atoms with Gasteiger partial charge in [0.05, 0.1) is 11.4 Å². The molecule has 2 rings (SSSR count). The molecule has 0 aliphatic rings. The molecule has 0 fully saturated rings. The molecular weight excluding hydrogens is 200 g/mol. The van der Waals surface area contributed by atoms with Crippen LogP contribution < -0.4 is 16.2 Å². The van der Waals surface area contributed by atoms with E-state index in [0.717, 1.165) is 5.75 Å². The van der Waals surface area contributed by atoms with E-state index in [1.807, 2.05) is 31.2 Å². The van der Waals surface area contributed by atoms with Gasteiger partial charge in [-0.25, -0.2) is 0 Å². The fourth-order valence-corrected chi connectivity index (χ4v) is 1.36. The van der Waals surface area contributed by atoms with Crippen molar-refractivity contribution in [3.8, 4) is 11.5 Å². The van der Waals surface area contributed by atoms with Crippen LogP contribution in [0.3, 0.4) is 0 Å². The summed E-state index contributed by atoms with van der Waals surface area (Å²) in [6.45, 7) is 2.03. The molecule has 0 saturated heterocycles. The molecule has 0 aromatic heterocycles. The molecule has 0 saturated carbocycles. The molecule has 0 aliphatic heterocycles. The quantitative estimate of drug-likeness (QED) is 0.755. The zero-order chi connectivity index (χ0) is 11.5. The zero-order valence-corrected chi connectivity index (χ0v) is 9.10. The highest BCUT2D eigenvalue weighted by Gasteiger charge is 1.99. The summed E-state index contributed by atoms with van der Waals surface area (Å²) in [6.07, 6.45) is 0. The largest absolute Gasteiger partial charge is 0.457 e. The number of ether oxygens (including phenoxy) is 1. The van der Waals surface area contributed by atoms with Crippen LogP contribution in [0.1, 0.15) is 5.56 Å². The Kier molecular flexibility index (Phi) is 2.68. The molecule has 0 bridgehead atoms. The number of anilines is 2. The lowest BCUT2D eigenvalue weighted by Gasteiger charge is -2.07. The average molecular weight is 214 g/mol. The Labute approximate surface area is 94.6 Å². The third-order valence-corrected chi connectivity index (χ3v) is 2.31. The smallest absolute Gasteiger partial charge is 0.129 e. The molecule has 0 heterocycles. The van der Waals surface area contributed by atoms with E-state index < -0.39 is 0 Å². The number of hydrogen-bond acceptors (Lipinski definition) is 3. The van der Waals surface area contributed by atoms with Gasteiger partial charge in [0.15, 0.2) is 0 Å². The molecule has 3 heteroatoms. The number of benzene rings is 2. The molecule has 2 aromatic carbocycles. The van der Waals surface area contributed by atoms with E-state index in [-0.39, 0.29) is 0 Å². The van der Waals surface area contributed by atoms with Crippen LogP contribution in [-0.4, -0.2) is 0 Å². The fraction of sp³-hybridized carbons (Fsp3) is 0.0769. The molecule has 0 aliphatic carbocycles. The van der Waals surface area contributed by atoms with E-state index in [9.17, 15) is 0 Å². The SMILES string of the molecule is Cc1ccc(Oc2ccc(N)c(N)c2)cc1. The predicted octanol–water partition coefficient (Wildman–Crippen LogP) is 2.95. The van der Waals surface area contributed by atoms with Gasteiger partial charge in [-0.05, 0) is 31.2 Å². The summed E-state index contributed by atoms with van der Waals surface area (Å²) in [5.74, 6) is 1.48. The molecule has 4 N–H and O–H groups in total. The Bertz CT molecular complexity index is 492. The molecule has 82 valence electrons. The highest BCUT2D eigenvalue weighted by Crippen LogP contribution is 2.26. The van der Waals surface area contributed by atoms with Crippen LogP contribution in [0.15, 0.2) is 42.5 Å². The monoisotopic (exact) mass is 214 g/mol. The van der Waals surface area contributed by atoms with Crippen molar-refractivity contribution in [2.45, 2.75) is 6.92 Å². The van der Waals surface area contributed by atoms with Crippen molar-refractivity contribution < 1.29 is 4.74 Å². The Morgan fingerprint density at radius 2 is 1.44 bits per heavy atom. The predicted molar refractivity (Wildman–Crippen MR) is 66.5 cm³/mol. The third kappa shape index (κ3) is 2.25. The molecule has 0 atom stereocenters. The zero-order valence-electron chi connectivity index (χ0n) is 9.10. The fourth-order valence-electron chi connectivity index (χ4n) is 1.36. The Balaban J connectivity index is 2.20. The van der Waals surface area contributed by atoms with Crippen LogP contribution in [-0.2, 0) is 0 Å². The third-order valence-electron chi connectivity index (χ3n) is 2.31. The van der Waals surface area contributed by atoms with Crippen LogP contribution in [0.4, 0.5) is 11.4 Å². The van der Waals surface area contributed by atoms with Crippen molar-refractivity contribution in [1.29, 1.82) is 0 Å². The summed E-state index contributed by atoms with van der Waals surface area (Å²) in [7, 11) is 0. The lowest BCUT2D eigenvalue weighted by atomic mass is 10.2. The highest BCUT2D eigenvalue weighted by atomic mass is 16.5. The Morgan fingerprint density at radius 3 is 2.06 bits per heavy atom. The van der Waals surface area contributed by atoms with E-state index >= 15 is 0 Å². The van der Waals surface area contributed by atoms with Crippen molar-refractivity contribution in [2.75, 3.05) is 11.5 Å². The normalized spacial score (nSPS) is 10.1. The van der Waals surface area contributed by atoms with Crippen LogP contribution in [0.25, 0.3) is 0 Å². The molecule has 16 heavy (non-hydrogen) atoms. The summed E-state index contributed by atoms with van der Waals surface area (Å²) >= 11 is 0. The van der Waals surface area contributed by atoms with Gasteiger partial charge in [-0.3, -0.25) is 0 Å². The van der Waals surface area contributed by atoms with Crippen LogP contribution in [0.2, 0.25) is 0 Å². The first kappa shape index (κ1) is 10.4. The molecule has 0 unspecified atom stereocenters. The number of aryl methyl sites for hydroxylation is 1. The lowest BCUT2D eigenvalue weighted by molar-refractivity contribution is 0.483. The molecular formula is C13H14N2O. The first-order valence-electron chi connectivity index (χ1n) is 5.04. The van der Waals surface area contributed by atoms with Gasteiger partial charge < -0.3 is 16.2 Å². The first-order valence-corrected chi connectivity index (χ1v) is 5.04. The van der Waals surface area contributed by atoms with Crippen LogP contribution in [0, 0.1) is 6.92 Å². The average Bonchev–Trinajstić information content (AvgIpc) is 2.27. The maximum atomic E-state index is 5.69. The van der Waals surface area contributed by atoms with Crippen molar-refractivity contribution in [2.24, 2.45) is 0 Å². The molecule has 0 radical (unpaired) electrons. The topological polar surface area (TPSA) is 61.3 Å². The Hall–Kier alpha value is -2.16. The molecule has 0 spiro atoms. The van der Waals surface area contributed by atoms with Gasteiger partial charge >= 0.3 is 0 Å². The van der Waals surface area contributed by atoms with Gasteiger partial charge in [-0.2, -0.15) is 0 Å². The summed E-state index contributed by atoms with van der Waals surface area (Å²) in [6, 6.07) is 13.1. The van der Waals surface area contributed by atoms with Gasteiger partial charge in [-0.1, -0.05) is 17.7 Å². The number of rotatable bonds is 2. The minimum absolute atomic E-state index is 0.532. The molecule has 3 nitrogen and oxygen atoms in total. The first-order chi connectivity index (χ1) is 7.65. The molecule has 0 amide bonds. The standard InChI is InChI=1S/C13H14N2O/c1-9-2-4-10(5-3-9)16-11-6-7-12(14)13(15)8-11/h2-8H,14-15H2,1H3. The minimum atomic E-state index is 0.532. The van der Waals surface area contributed by atoms with E-state index in [4.69, 9.17) is 16.2 Å². The number of hydrogen-bond donors (Lipinski definition) is 2. The second-order valence-corrected chi connectivity index (χ2v) is 3.71. The highest BCUT2D eigenvalue weighted by molar-refractivity contribution is 5.65. The summed E-state index contributed by atoms with van der Waals surface area (Å²) in [5.41, 5.74) is 13.6. The second-order valence-electron chi connectivity index (χ2n) is 3.71. The molecule has 2 aromatic rings. The van der Waals surface area contributed by atoms with Gasteiger partial charge in [-0.15, -0.1) is 0 Å². The second kappa shape index (κ2) is 4.14. The van der Waals surface area contributed by atoms with Crippen LogP contribution >= 0.6 is 0 Å². The lowest BCUT2D eigenvalue weighted by Crippen LogP contribution is -1.94. The van der Waals surface area contributed by atoms with E-state index in [0.29, 0.717) is 17.1 Å². The van der Waals surface area contributed by atoms with E-state index in [2.05, 4.69) is 0 Å². The minimum Gasteiger partial charge on any atom is -0.457 e. The van der Waals surface area contributed by atoms with Crippen LogP contribution in [0.5, 0.6) is 11.5 Å². The van der Waals surface area contributed by atoms with Gasteiger partial charge in [0.1, 0.15) is 11.5 Å². The van der Waals surface area contributed by atoms with Gasteiger partial charge in [0, 0.05) is 6.07 Å².